The van der Waals surface area contributed by atoms with Crippen molar-refractivity contribution in [2.24, 2.45) is 0 Å². The highest BCUT2D eigenvalue weighted by atomic mass is 16.4. The summed E-state index contributed by atoms with van der Waals surface area (Å²) in [7, 11) is 0. The Morgan fingerprint density at radius 1 is 1.25 bits per heavy atom. The van der Waals surface area contributed by atoms with Gasteiger partial charge in [-0.05, 0) is 30.2 Å². The number of hydrogen-bond donors (Lipinski definition) is 1. The summed E-state index contributed by atoms with van der Waals surface area (Å²) in [4.78, 5) is 15.7. The number of carboxylic acid groups (broad SMARTS) is 1. The number of carbonyl (C=O) groups is 1. The zero-order valence-electron chi connectivity index (χ0n) is 11.1. The second kappa shape index (κ2) is 4.81. The molecule has 4 heteroatoms. The van der Waals surface area contributed by atoms with Gasteiger partial charge in [0.1, 0.15) is 5.69 Å². The molecule has 0 bridgehead atoms. The van der Waals surface area contributed by atoms with Gasteiger partial charge in [0.15, 0.2) is 0 Å². The summed E-state index contributed by atoms with van der Waals surface area (Å²) >= 11 is 0. The van der Waals surface area contributed by atoms with Crippen molar-refractivity contribution in [1.82, 2.24) is 9.55 Å². The van der Waals surface area contributed by atoms with Gasteiger partial charge < -0.3 is 9.67 Å². The largest absolute Gasteiger partial charge is 0.477 e. The minimum absolute atomic E-state index is 0.331. The molecule has 0 radical (unpaired) electrons. The van der Waals surface area contributed by atoms with Gasteiger partial charge in [0.2, 0.25) is 0 Å². The van der Waals surface area contributed by atoms with Gasteiger partial charge >= 0.3 is 5.97 Å². The predicted molar refractivity (Wildman–Crippen MR) is 77.0 cm³/mol. The van der Waals surface area contributed by atoms with Crippen LogP contribution in [0.25, 0.3) is 10.9 Å². The second-order valence-corrected chi connectivity index (χ2v) is 4.77. The Morgan fingerprint density at radius 2 is 2.05 bits per heavy atom. The minimum atomic E-state index is -0.902. The predicted octanol–water partition coefficient (Wildman–Crippen LogP) is 3.09. The first kappa shape index (κ1) is 12.4. The van der Waals surface area contributed by atoms with Crippen LogP contribution in [0.1, 0.15) is 21.6 Å². The van der Waals surface area contributed by atoms with Crippen LogP contribution in [-0.2, 0) is 6.54 Å². The molecule has 0 saturated carbocycles. The van der Waals surface area contributed by atoms with E-state index in [4.69, 9.17) is 0 Å². The van der Waals surface area contributed by atoms with Crippen molar-refractivity contribution in [2.45, 2.75) is 13.5 Å². The van der Waals surface area contributed by atoms with Gasteiger partial charge in [0.05, 0.1) is 5.52 Å². The van der Waals surface area contributed by atoms with Gasteiger partial charge in [0, 0.05) is 24.3 Å². The Kier molecular flexibility index (Phi) is 2.99. The van der Waals surface area contributed by atoms with Crippen LogP contribution in [0, 0.1) is 6.92 Å². The van der Waals surface area contributed by atoms with Crippen LogP contribution in [0.4, 0.5) is 0 Å². The molecule has 0 aliphatic rings. The van der Waals surface area contributed by atoms with E-state index in [0.717, 1.165) is 22.0 Å². The van der Waals surface area contributed by atoms with Crippen LogP contribution in [0.15, 0.2) is 48.8 Å². The third kappa shape index (κ3) is 2.05. The number of hydrogen-bond acceptors (Lipinski definition) is 2. The average molecular weight is 266 g/mol. The lowest BCUT2D eigenvalue weighted by Crippen LogP contribution is -2.10. The van der Waals surface area contributed by atoms with Gasteiger partial charge in [-0.1, -0.05) is 24.3 Å². The number of aromatic carboxylic acids is 1. The summed E-state index contributed by atoms with van der Waals surface area (Å²) < 4.78 is 1.75. The third-order valence-corrected chi connectivity index (χ3v) is 3.42. The zero-order chi connectivity index (χ0) is 14.1. The van der Waals surface area contributed by atoms with E-state index in [1.807, 2.05) is 36.4 Å². The van der Waals surface area contributed by atoms with Crippen molar-refractivity contribution < 1.29 is 9.90 Å². The fourth-order valence-electron chi connectivity index (χ4n) is 2.48. The Bertz CT molecular complexity index is 785. The van der Waals surface area contributed by atoms with Gasteiger partial charge in [-0.15, -0.1) is 0 Å². The lowest BCUT2D eigenvalue weighted by Gasteiger charge is -2.09. The molecule has 0 spiro atoms. The molecule has 0 fully saturated rings. The molecule has 0 aliphatic heterocycles. The molecule has 0 saturated heterocycles. The summed E-state index contributed by atoms with van der Waals surface area (Å²) in [6.45, 7) is 2.31. The molecular weight excluding hydrogens is 252 g/mol. The summed E-state index contributed by atoms with van der Waals surface area (Å²) in [5.74, 6) is -0.902. The number of para-hydroxylation sites is 1. The maximum absolute atomic E-state index is 11.3. The molecule has 1 N–H and O–H groups in total. The van der Waals surface area contributed by atoms with Crippen LogP contribution in [0.3, 0.4) is 0 Å². The molecule has 3 rings (SSSR count). The quantitative estimate of drug-likeness (QED) is 0.792. The molecule has 0 aliphatic carbocycles. The summed E-state index contributed by atoms with van der Waals surface area (Å²) in [6, 6.07) is 11.7. The molecule has 1 aromatic carbocycles. The van der Waals surface area contributed by atoms with Crippen LogP contribution < -0.4 is 0 Å². The fourth-order valence-corrected chi connectivity index (χ4v) is 2.48. The van der Waals surface area contributed by atoms with Crippen molar-refractivity contribution in [3.8, 4) is 0 Å². The van der Waals surface area contributed by atoms with Crippen molar-refractivity contribution >= 4 is 16.9 Å². The van der Waals surface area contributed by atoms with Crippen molar-refractivity contribution in [2.75, 3.05) is 0 Å². The monoisotopic (exact) mass is 266 g/mol. The van der Waals surface area contributed by atoms with Crippen LogP contribution >= 0.6 is 0 Å². The maximum Gasteiger partial charge on any atom is 0.352 e. The van der Waals surface area contributed by atoms with Crippen molar-refractivity contribution in [3.63, 3.8) is 0 Å². The Labute approximate surface area is 116 Å². The number of aryl methyl sites for hydroxylation is 1. The fraction of sp³-hybridized carbons (Fsp3) is 0.125. The number of carboxylic acids is 1. The highest BCUT2D eigenvalue weighted by Gasteiger charge is 2.14. The van der Waals surface area contributed by atoms with E-state index in [1.54, 1.807) is 23.9 Å². The molecule has 0 amide bonds. The third-order valence-electron chi connectivity index (χ3n) is 3.42. The highest BCUT2D eigenvalue weighted by Crippen LogP contribution is 2.19. The summed E-state index contributed by atoms with van der Waals surface area (Å²) in [6.07, 6.45) is 3.56. The Balaban J connectivity index is 2.08. The molecule has 4 nitrogen and oxygen atoms in total. The zero-order valence-corrected chi connectivity index (χ0v) is 11.1. The molecule has 0 atom stereocenters. The summed E-state index contributed by atoms with van der Waals surface area (Å²) in [5.41, 5.74) is 3.03. The van der Waals surface area contributed by atoms with E-state index in [-0.39, 0.29) is 0 Å². The van der Waals surface area contributed by atoms with Crippen LogP contribution in [0.5, 0.6) is 0 Å². The lowest BCUT2D eigenvalue weighted by molar-refractivity contribution is 0.0685. The number of aromatic nitrogens is 2. The minimum Gasteiger partial charge on any atom is -0.477 e. The van der Waals surface area contributed by atoms with E-state index in [0.29, 0.717) is 12.2 Å². The smallest absolute Gasteiger partial charge is 0.352 e. The SMILES string of the molecule is Cc1ccn(Cc2cccc3cccnc23)c1C(=O)O. The van der Waals surface area contributed by atoms with Crippen molar-refractivity contribution in [3.05, 3.63) is 65.6 Å². The number of benzene rings is 1. The number of pyridine rings is 1. The molecule has 0 unspecified atom stereocenters. The van der Waals surface area contributed by atoms with E-state index < -0.39 is 5.97 Å². The number of rotatable bonds is 3. The van der Waals surface area contributed by atoms with Crippen LogP contribution in [-0.4, -0.2) is 20.6 Å². The van der Waals surface area contributed by atoms with Gasteiger partial charge in [-0.2, -0.15) is 0 Å². The standard InChI is InChI=1S/C16H14N2O2/c1-11-7-9-18(15(11)16(19)20)10-13-5-2-4-12-6-3-8-17-14(12)13/h2-9H,10H2,1H3,(H,19,20). The van der Waals surface area contributed by atoms with E-state index in [9.17, 15) is 9.90 Å². The first-order chi connectivity index (χ1) is 9.66. The van der Waals surface area contributed by atoms with Crippen LogP contribution in [0.2, 0.25) is 0 Å². The summed E-state index contributed by atoms with van der Waals surface area (Å²) in [5, 5.41) is 10.4. The number of nitrogens with zero attached hydrogens (tertiary/aromatic N) is 2. The van der Waals surface area contributed by atoms with Gasteiger partial charge in [-0.25, -0.2) is 4.79 Å². The Morgan fingerprint density at radius 3 is 2.85 bits per heavy atom. The Hall–Kier alpha value is -2.62. The first-order valence-corrected chi connectivity index (χ1v) is 6.38. The van der Waals surface area contributed by atoms with E-state index >= 15 is 0 Å². The normalized spacial score (nSPS) is 10.8. The molecule has 3 aromatic rings. The lowest BCUT2D eigenvalue weighted by atomic mass is 10.1. The first-order valence-electron chi connectivity index (χ1n) is 6.38. The number of fused-ring (bicyclic) bond motifs is 1. The molecule has 2 aromatic heterocycles. The van der Waals surface area contributed by atoms with E-state index in [1.165, 1.54) is 0 Å². The van der Waals surface area contributed by atoms with Gasteiger partial charge in [-0.3, -0.25) is 4.98 Å². The van der Waals surface area contributed by atoms with Gasteiger partial charge in [0.25, 0.3) is 0 Å². The second-order valence-electron chi connectivity index (χ2n) is 4.77. The molecule has 2 heterocycles. The average Bonchev–Trinajstić information content (AvgIpc) is 2.80. The molecule has 100 valence electrons. The van der Waals surface area contributed by atoms with E-state index in [2.05, 4.69) is 4.98 Å². The maximum atomic E-state index is 11.3. The van der Waals surface area contributed by atoms with Crippen molar-refractivity contribution in [1.29, 1.82) is 0 Å². The topological polar surface area (TPSA) is 55.1 Å². The molecule has 20 heavy (non-hydrogen) atoms. The highest BCUT2D eigenvalue weighted by molar-refractivity contribution is 5.88. The molecular formula is C16H14N2O2.